The topological polar surface area (TPSA) is 118 Å². The summed E-state index contributed by atoms with van der Waals surface area (Å²) >= 11 is 0. The zero-order valence-corrected chi connectivity index (χ0v) is 22.2. The molecule has 2 aromatic rings. The maximum absolute atomic E-state index is 13.2. The number of hydrogen-bond donors (Lipinski definition) is 2. The minimum atomic E-state index is -1.27. The first kappa shape index (κ1) is 28.3. The Morgan fingerprint density at radius 3 is 1.87 bits per heavy atom. The van der Waals surface area contributed by atoms with Crippen molar-refractivity contribution in [2.75, 3.05) is 26.2 Å². The van der Waals surface area contributed by atoms with Crippen molar-refractivity contribution in [3.05, 3.63) is 71.8 Å². The quantitative estimate of drug-likeness (QED) is 0.337. The molecule has 9 heteroatoms. The Hall–Kier alpha value is -3.72. The fourth-order valence-electron chi connectivity index (χ4n) is 5.61. The lowest BCUT2D eigenvalue weighted by atomic mass is 9.82. The van der Waals surface area contributed by atoms with Crippen LogP contribution in [-0.4, -0.2) is 81.1 Å². The van der Waals surface area contributed by atoms with Gasteiger partial charge in [-0.15, -0.1) is 0 Å². The van der Waals surface area contributed by atoms with Crippen molar-refractivity contribution in [3.63, 3.8) is 0 Å². The number of carbonyl (C=O) groups is 4. The summed E-state index contributed by atoms with van der Waals surface area (Å²) in [4.78, 5) is 54.9. The summed E-state index contributed by atoms with van der Waals surface area (Å²) in [5.41, 5.74) is 2.17. The lowest BCUT2D eigenvalue weighted by Gasteiger charge is -2.37. The first-order valence-electron chi connectivity index (χ1n) is 13.7. The molecule has 2 saturated heterocycles. The highest BCUT2D eigenvalue weighted by atomic mass is 16.5. The predicted octanol–water partition coefficient (Wildman–Crippen LogP) is 3.01. The molecule has 208 valence electrons. The van der Waals surface area contributed by atoms with Gasteiger partial charge in [0.05, 0.1) is 11.8 Å². The molecule has 2 N–H and O–H groups in total. The molecule has 39 heavy (non-hydrogen) atoms. The van der Waals surface area contributed by atoms with Crippen molar-refractivity contribution in [1.82, 2.24) is 14.9 Å². The van der Waals surface area contributed by atoms with E-state index in [1.165, 1.54) is 0 Å². The van der Waals surface area contributed by atoms with Crippen molar-refractivity contribution in [1.29, 1.82) is 0 Å². The largest absolute Gasteiger partial charge is 0.481 e. The van der Waals surface area contributed by atoms with Crippen molar-refractivity contribution in [3.8, 4) is 0 Å². The standard InChI is InChI=1S/C30H37N3O6/c34-27(33(39)26-14-8-18-32(29(26)36)20-16-23-11-5-2-6-12-23)21-25(30(37)38)24-13-7-17-31(28(24)35)19-15-22-9-3-1-4-10-22/h1-6,9-12,24-26,39H,7-8,13-21H2,(H,37,38)/t24?,25?,26-/m0/s1. The third kappa shape index (κ3) is 7.23. The highest BCUT2D eigenvalue weighted by Crippen LogP contribution is 2.29. The zero-order chi connectivity index (χ0) is 27.8. The van der Waals surface area contributed by atoms with Crippen LogP contribution in [0.15, 0.2) is 60.7 Å². The van der Waals surface area contributed by atoms with Gasteiger partial charge in [-0.1, -0.05) is 60.7 Å². The van der Waals surface area contributed by atoms with E-state index >= 15 is 0 Å². The smallest absolute Gasteiger partial charge is 0.307 e. The van der Waals surface area contributed by atoms with Gasteiger partial charge in [0.15, 0.2) is 0 Å². The molecule has 9 nitrogen and oxygen atoms in total. The van der Waals surface area contributed by atoms with E-state index in [-0.39, 0.29) is 11.8 Å². The molecule has 0 bridgehead atoms. The predicted molar refractivity (Wildman–Crippen MR) is 144 cm³/mol. The molecule has 0 saturated carbocycles. The van der Waals surface area contributed by atoms with Gasteiger partial charge in [-0.2, -0.15) is 0 Å². The van der Waals surface area contributed by atoms with Crippen LogP contribution >= 0.6 is 0 Å². The van der Waals surface area contributed by atoms with Crippen LogP contribution in [0.1, 0.15) is 43.2 Å². The van der Waals surface area contributed by atoms with Gasteiger partial charge in [0.1, 0.15) is 6.04 Å². The number of nitrogens with zero attached hydrogens (tertiary/aromatic N) is 3. The molecule has 2 aliphatic heterocycles. The van der Waals surface area contributed by atoms with Crippen molar-refractivity contribution in [2.45, 2.75) is 51.0 Å². The summed E-state index contributed by atoms with van der Waals surface area (Å²) < 4.78 is 0. The first-order chi connectivity index (χ1) is 18.8. The highest BCUT2D eigenvalue weighted by molar-refractivity contribution is 5.91. The van der Waals surface area contributed by atoms with E-state index in [2.05, 4.69) is 0 Å². The Morgan fingerprint density at radius 2 is 1.33 bits per heavy atom. The SMILES string of the molecule is O=C(O)C(CC(=O)N(O)[C@H]1CCCN(CCc2ccccc2)C1=O)C1CCCN(CCc2ccccc2)C1=O. The normalized spacial score (nSPS) is 20.5. The fourth-order valence-corrected chi connectivity index (χ4v) is 5.61. The second-order valence-corrected chi connectivity index (χ2v) is 10.4. The number of carbonyl (C=O) groups excluding carboxylic acids is 3. The lowest BCUT2D eigenvalue weighted by Crippen LogP contribution is -2.54. The maximum Gasteiger partial charge on any atom is 0.307 e. The summed E-state index contributed by atoms with van der Waals surface area (Å²) in [5.74, 6) is -4.84. The monoisotopic (exact) mass is 535 g/mol. The van der Waals surface area contributed by atoms with Gasteiger partial charge in [-0.05, 0) is 49.7 Å². The number of hydrogen-bond acceptors (Lipinski definition) is 5. The zero-order valence-electron chi connectivity index (χ0n) is 22.2. The second-order valence-electron chi connectivity index (χ2n) is 10.4. The third-order valence-electron chi connectivity index (χ3n) is 7.85. The van der Waals surface area contributed by atoms with Gasteiger partial charge < -0.3 is 14.9 Å². The fraction of sp³-hybridized carbons (Fsp3) is 0.467. The summed E-state index contributed by atoms with van der Waals surface area (Å²) in [5, 5.41) is 21.1. The summed E-state index contributed by atoms with van der Waals surface area (Å²) in [6.07, 6.45) is 2.71. The molecule has 3 atom stereocenters. The Morgan fingerprint density at radius 1 is 0.821 bits per heavy atom. The highest BCUT2D eigenvalue weighted by Gasteiger charge is 2.42. The van der Waals surface area contributed by atoms with Crippen molar-refractivity contribution in [2.24, 2.45) is 11.8 Å². The minimum absolute atomic E-state index is 0.275. The molecule has 0 radical (unpaired) electrons. The van der Waals surface area contributed by atoms with Crippen LogP contribution < -0.4 is 0 Å². The summed E-state index contributed by atoms with van der Waals surface area (Å²) in [6, 6.07) is 18.5. The molecule has 2 heterocycles. The van der Waals surface area contributed by atoms with Crippen LogP contribution in [0.4, 0.5) is 0 Å². The van der Waals surface area contributed by atoms with Gasteiger partial charge in [0.2, 0.25) is 17.7 Å². The van der Waals surface area contributed by atoms with E-state index in [0.29, 0.717) is 69.8 Å². The van der Waals surface area contributed by atoms with Crippen LogP contribution in [0.3, 0.4) is 0 Å². The maximum atomic E-state index is 13.2. The molecule has 0 spiro atoms. The molecule has 3 amide bonds. The number of benzene rings is 2. The van der Waals surface area contributed by atoms with Gasteiger partial charge in [-0.3, -0.25) is 24.4 Å². The molecular formula is C30H37N3O6. The van der Waals surface area contributed by atoms with Gasteiger partial charge >= 0.3 is 5.97 Å². The Bertz CT molecular complexity index is 1140. The average Bonchev–Trinajstić information content (AvgIpc) is 2.95. The third-order valence-corrected chi connectivity index (χ3v) is 7.85. The summed E-state index contributed by atoms with van der Waals surface area (Å²) in [6.45, 7) is 2.02. The molecule has 2 fully saturated rings. The van der Waals surface area contributed by atoms with Crippen LogP contribution in [-0.2, 0) is 32.0 Å². The molecule has 4 rings (SSSR count). The average molecular weight is 536 g/mol. The Labute approximate surface area is 229 Å². The number of piperidine rings is 2. The first-order valence-corrected chi connectivity index (χ1v) is 13.7. The Balaban J connectivity index is 1.35. The Kier molecular flexibility index (Phi) is 9.70. The van der Waals surface area contributed by atoms with Gasteiger partial charge in [0, 0.05) is 32.6 Å². The molecule has 0 aromatic heterocycles. The van der Waals surface area contributed by atoms with Crippen molar-refractivity contribution < 1.29 is 29.5 Å². The molecule has 2 aromatic carbocycles. The van der Waals surface area contributed by atoms with Crippen LogP contribution in [0, 0.1) is 11.8 Å². The molecular weight excluding hydrogens is 498 g/mol. The number of carboxylic acid groups (broad SMARTS) is 1. The molecule has 2 aliphatic rings. The van der Waals surface area contributed by atoms with Gasteiger partial charge in [0.25, 0.3) is 0 Å². The number of rotatable bonds is 11. The number of amides is 3. The van der Waals surface area contributed by atoms with E-state index in [1.807, 2.05) is 60.7 Å². The molecule has 0 aliphatic carbocycles. The van der Waals surface area contributed by atoms with Crippen molar-refractivity contribution >= 4 is 23.7 Å². The van der Waals surface area contributed by atoms with Crippen LogP contribution in [0.2, 0.25) is 0 Å². The molecule has 2 unspecified atom stereocenters. The number of aliphatic carboxylic acids is 1. The van der Waals surface area contributed by atoms with E-state index in [4.69, 9.17) is 0 Å². The van der Waals surface area contributed by atoms with E-state index < -0.39 is 36.2 Å². The number of carboxylic acids is 1. The summed E-state index contributed by atoms with van der Waals surface area (Å²) in [7, 11) is 0. The van der Waals surface area contributed by atoms with Gasteiger partial charge in [-0.25, -0.2) is 5.06 Å². The second kappa shape index (κ2) is 13.4. The van der Waals surface area contributed by atoms with Crippen LogP contribution in [0.5, 0.6) is 0 Å². The number of hydroxylamine groups is 2. The van der Waals surface area contributed by atoms with E-state index in [9.17, 15) is 29.5 Å². The van der Waals surface area contributed by atoms with E-state index in [0.717, 1.165) is 11.1 Å². The van der Waals surface area contributed by atoms with Crippen LogP contribution in [0.25, 0.3) is 0 Å². The lowest BCUT2D eigenvalue weighted by molar-refractivity contribution is -0.188. The van der Waals surface area contributed by atoms with E-state index in [1.54, 1.807) is 9.80 Å². The number of likely N-dealkylation sites (tertiary alicyclic amines) is 2. The minimum Gasteiger partial charge on any atom is -0.481 e.